The Morgan fingerprint density at radius 1 is 1.16 bits per heavy atom. The first-order valence-electron chi connectivity index (χ1n) is 9.34. The number of ether oxygens (including phenoxy) is 1. The predicted molar refractivity (Wildman–Crippen MR) is 98.1 cm³/mol. The Labute approximate surface area is 149 Å². The van der Waals surface area contributed by atoms with E-state index in [1.165, 1.54) is 42.4 Å². The number of nitrogens with zero attached hydrogens (tertiary/aromatic N) is 3. The molecule has 2 heterocycles. The van der Waals surface area contributed by atoms with Crippen molar-refractivity contribution in [3.05, 3.63) is 35.0 Å². The Hall–Kier alpha value is -2.12. The topological polar surface area (TPSA) is 39.9 Å². The number of aromatic nitrogens is 3. The highest BCUT2D eigenvalue weighted by atomic mass is 16.5. The van der Waals surface area contributed by atoms with Gasteiger partial charge in [0.25, 0.3) is 0 Å². The Kier molecular flexibility index (Phi) is 4.59. The molecule has 2 fully saturated rings. The van der Waals surface area contributed by atoms with Gasteiger partial charge in [0.05, 0.1) is 18.8 Å². The second kappa shape index (κ2) is 7.01. The van der Waals surface area contributed by atoms with Gasteiger partial charge in [-0.05, 0) is 69.2 Å². The fraction of sp³-hybridized carbons (Fsp3) is 0.524. The molecule has 4 nitrogen and oxygen atoms in total. The second-order valence-corrected chi connectivity index (χ2v) is 7.34. The van der Waals surface area contributed by atoms with Crippen molar-refractivity contribution in [3.63, 3.8) is 0 Å². The summed E-state index contributed by atoms with van der Waals surface area (Å²) in [5.74, 6) is 7.29. The maximum Gasteiger partial charge on any atom is 0.113 e. The monoisotopic (exact) mass is 335 g/mol. The van der Waals surface area contributed by atoms with E-state index in [1.807, 2.05) is 10.9 Å². The van der Waals surface area contributed by atoms with E-state index < -0.39 is 0 Å². The third-order valence-corrected chi connectivity index (χ3v) is 4.99. The summed E-state index contributed by atoms with van der Waals surface area (Å²) in [4.78, 5) is 0. The van der Waals surface area contributed by atoms with Crippen molar-refractivity contribution in [1.29, 1.82) is 0 Å². The maximum absolute atomic E-state index is 5.81. The highest BCUT2D eigenvalue weighted by Gasteiger charge is 2.18. The second-order valence-electron chi connectivity index (χ2n) is 7.34. The van der Waals surface area contributed by atoms with Gasteiger partial charge in [0.1, 0.15) is 5.69 Å². The van der Waals surface area contributed by atoms with Gasteiger partial charge < -0.3 is 4.74 Å². The lowest BCUT2D eigenvalue weighted by Gasteiger charge is -2.21. The van der Waals surface area contributed by atoms with Gasteiger partial charge in [0.15, 0.2) is 0 Å². The SMILES string of the molecule is Cc1cc(C#CC2CC2)cc(C)c1-c1cn(CC2CCCCO2)nn1. The van der Waals surface area contributed by atoms with E-state index in [2.05, 4.69) is 48.1 Å². The molecular weight excluding hydrogens is 310 g/mol. The molecule has 1 aromatic carbocycles. The third-order valence-electron chi connectivity index (χ3n) is 4.99. The van der Waals surface area contributed by atoms with Crippen molar-refractivity contribution in [2.45, 2.75) is 58.6 Å². The van der Waals surface area contributed by atoms with E-state index in [-0.39, 0.29) is 6.10 Å². The van der Waals surface area contributed by atoms with E-state index in [1.54, 1.807) is 0 Å². The van der Waals surface area contributed by atoms with Gasteiger partial charge in [-0.2, -0.15) is 0 Å². The van der Waals surface area contributed by atoms with Gasteiger partial charge in [0.2, 0.25) is 0 Å². The largest absolute Gasteiger partial charge is 0.376 e. The van der Waals surface area contributed by atoms with Crippen molar-refractivity contribution in [2.24, 2.45) is 5.92 Å². The molecule has 1 atom stereocenters. The Morgan fingerprint density at radius 2 is 1.96 bits per heavy atom. The number of hydrogen-bond acceptors (Lipinski definition) is 3. The number of rotatable bonds is 3. The van der Waals surface area contributed by atoms with Crippen LogP contribution in [0, 0.1) is 31.6 Å². The smallest absolute Gasteiger partial charge is 0.113 e. The van der Waals surface area contributed by atoms with Crippen molar-refractivity contribution in [3.8, 4) is 23.1 Å². The highest BCUT2D eigenvalue weighted by Crippen LogP contribution is 2.29. The maximum atomic E-state index is 5.81. The minimum Gasteiger partial charge on any atom is -0.376 e. The Bertz CT molecular complexity index is 794. The molecule has 0 radical (unpaired) electrons. The Morgan fingerprint density at radius 3 is 2.64 bits per heavy atom. The zero-order valence-corrected chi connectivity index (χ0v) is 15.1. The summed E-state index contributed by atoms with van der Waals surface area (Å²) < 4.78 is 7.73. The molecule has 1 saturated heterocycles. The van der Waals surface area contributed by atoms with Gasteiger partial charge in [0, 0.05) is 23.7 Å². The summed E-state index contributed by atoms with van der Waals surface area (Å²) in [5, 5.41) is 8.73. The summed E-state index contributed by atoms with van der Waals surface area (Å²) in [6.07, 6.45) is 8.37. The van der Waals surface area contributed by atoms with Gasteiger partial charge in [-0.25, -0.2) is 4.68 Å². The van der Waals surface area contributed by atoms with E-state index in [4.69, 9.17) is 4.74 Å². The van der Waals surface area contributed by atoms with E-state index in [0.29, 0.717) is 5.92 Å². The molecule has 4 heteroatoms. The average Bonchev–Trinajstić information content (AvgIpc) is 3.33. The molecule has 1 aliphatic heterocycles. The molecule has 1 aliphatic carbocycles. The van der Waals surface area contributed by atoms with Crippen LogP contribution >= 0.6 is 0 Å². The minimum atomic E-state index is 0.269. The lowest BCUT2D eigenvalue weighted by Crippen LogP contribution is -2.24. The molecule has 2 aliphatic rings. The summed E-state index contributed by atoms with van der Waals surface area (Å²) >= 11 is 0. The van der Waals surface area contributed by atoms with Crippen LogP contribution in [0.25, 0.3) is 11.3 Å². The zero-order chi connectivity index (χ0) is 17.2. The fourth-order valence-electron chi connectivity index (χ4n) is 3.51. The summed E-state index contributed by atoms with van der Waals surface area (Å²) in [5.41, 5.74) is 5.64. The number of hydrogen-bond donors (Lipinski definition) is 0. The standard InChI is InChI=1S/C21H25N3O/c1-15-11-18(9-8-17-6-7-17)12-16(2)21(15)20-14-24(23-22-20)13-19-5-3-4-10-25-19/h11-12,14,17,19H,3-7,10,13H2,1-2H3. The van der Waals surface area contributed by atoms with Crippen LogP contribution in [0.5, 0.6) is 0 Å². The summed E-state index contributed by atoms with van der Waals surface area (Å²) in [6.45, 7) is 5.92. The van der Waals surface area contributed by atoms with Crippen LogP contribution in [-0.4, -0.2) is 27.7 Å². The first kappa shape index (κ1) is 16.4. The van der Waals surface area contributed by atoms with Crippen molar-refractivity contribution in [2.75, 3.05) is 6.61 Å². The molecule has 1 saturated carbocycles. The lowest BCUT2D eigenvalue weighted by molar-refractivity contribution is 0.00370. The van der Waals surface area contributed by atoms with E-state index >= 15 is 0 Å². The van der Waals surface area contributed by atoms with Crippen LogP contribution < -0.4 is 0 Å². The van der Waals surface area contributed by atoms with E-state index in [9.17, 15) is 0 Å². The van der Waals surface area contributed by atoms with Gasteiger partial charge >= 0.3 is 0 Å². The Balaban J connectivity index is 1.54. The fourth-order valence-corrected chi connectivity index (χ4v) is 3.51. The van der Waals surface area contributed by atoms with Crippen LogP contribution in [0.4, 0.5) is 0 Å². The molecular formula is C21H25N3O. The molecule has 0 spiro atoms. The molecule has 25 heavy (non-hydrogen) atoms. The van der Waals surface area contributed by atoms with Crippen LogP contribution in [0.15, 0.2) is 18.3 Å². The van der Waals surface area contributed by atoms with Crippen molar-refractivity contribution < 1.29 is 4.74 Å². The summed E-state index contributed by atoms with van der Waals surface area (Å²) in [7, 11) is 0. The molecule has 4 rings (SSSR count). The predicted octanol–water partition coefficient (Wildman–Crippen LogP) is 3.89. The van der Waals surface area contributed by atoms with Crippen LogP contribution in [0.3, 0.4) is 0 Å². The molecule has 1 aromatic heterocycles. The molecule has 0 bridgehead atoms. The van der Waals surface area contributed by atoms with Crippen LogP contribution in [0.2, 0.25) is 0 Å². The van der Waals surface area contributed by atoms with Crippen LogP contribution in [-0.2, 0) is 11.3 Å². The van der Waals surface area contributed by atoms with Gasteiger partial charge in [-0.3, -0.25) is 0 Å². The van der Waals surface area contributed by atoms with Gasteiger partial charge in [-0.15, -0.1) is 5.10 Å². The number of benzene rings is 1. The molecule has 1 unspecified atom stereocenters. The van der Waals surface area contributed by atoms with Crippen LogP contribution in [0.1, 0.15) is 48.8 Å². The quantitative estimate of drug-likeness (QED) is 0.799. The third kappa shape index (κ3) is 3.93. The normalized spacial score (nSPS) is 20.2. The van der Waals surface area contributed by atoms with Crippen molar-refractivity contribution >= 4 is 0 Å². The highest BCUT2D eigenvalue weighted by molar-refractivity contribution is 5.68. The molecule has 130 valence electrons. The van der Waals surface area contributed by atoms with E-state index in [0.717, 1.165) is 30.8 Å². The lowest BCUT2D eigenvalue weighted by atomic mass is 9.97. The van der Waals surface area contributed by atoms with Gasteiger partial charge in [-0.1, -0.05) is 17.1 Å². The molecule has 0 amide bonds. The zero-order valence-electron chi connectivity index (χ0n) is 15.1. The average molecular weight is 335 g/mol. The summed E-state index contributed by atoms with van der Waals surface area (Å²) in [6, 6.07) is 4.34. The number of aryl methyl sites for hydroxylation is 2. The molecule has 2 aromatic rings. The molecule has 0 N–H and O–H groups in total. The van der Waals surface area contributed by atoms with Crippen molar-refractivity contribution in [1.82, 2.24) is 15.0 Å². The first-order valence-corrected chi connectivity index (χ1v) is 9.34. The minimum absolute atomic E-state index is 0.269. The first-order chi connectivity index (χ1) is 12.2.